The Labute approximate surface area is 177 Å². The van der Waals surface area contributed by atoms with Crippen molar-refractivity contribution in [3.05, 3.63) is 95.1 Å². The van der Waals surface area contributed by atoms with Gasteiger partial charge in [0, 0.05) is 6.54 Å². The van der Waals surface area contributed by atoms with Crippen molar-refractivity contribution >= 4 is 17.5 Å². The van der Waals surface area contributed by atoms with Gasteiger partial charge in [-0.2, -0.15) is 0 Å². The van der Waals surface area contributed by atoms with Crippen molar-refractivity contribution in [1.29, 1.82) is 0 Å². The first-order valence-corrected chi connectivity index (χ1v) is 9.90. The topological polar surface area (TPSA) is 67.4 Å². The largest absolute Gasteiger partial charge is 0.481 e. The van der Waals surface area contributed by atoms with E-state index < -0.39 is 6.10 Å². The molecule has 1 atom stereocenters. The van der Waals surface area contributed by atoms with Gasteiger partial charge >= 0.3 is 0 Å². The Hall–Kier alpha value is -3.60. The lowest BCUT2D eigenvalue weighted by atomic mass is 10.1. The average molecular weight is 402 g/mol. The molecule has 0 aromatic heterocycles. The minimum atomic E-state index is -0.717. The molecule has 0 heterocycles. The minimum absolute atomic E-state index is 0.252. The van der Waals surface area contributed by atoms with E-state index >= 15 is 0 Å². The molecular weight excluding hydrogens is 376 g/mol. The second-order valence-electron chi connectivity index (χ2n) is 7.23. The SMILES string of the molecule is Cc1ccc(C)c(O[C@@H](C)C(=O)Nc2ccccc2C(=O)NCc2ccccc2)c1. The van der Waals surface area contributed by atoms with Gasteiger partial charge in [0.25, 0.3) is 11.8 Å². The number of carbonyl (C=O) groups excluding carboxylic acids is 2. The molecule has 30 heavy (non-hydrogen) atoms. The number of carbonyl (C=O) groups is 2. The van der Waals surface area contributed by atoms with Crippen LogP contribution in [-0.4, -0.2) is 17.9 Å². The zero-order valence-corrected chi connectivity index (χ0v) is 17.4. The van der Waals surface area contributed by atoms with Gasteiger partial charge < -0.3 is 15.4 Å². The Morgan fingerprint density at radius 2 is 1.63 bits per heavy atom. The fraction of sp³-hybridized carbons (Fsp3) is 0.200. The number of ether oxygens (including phenoxy) is 1. The second-order valence-corrected chi connectivity index (χ2v) is 7.23. The molecule has 0 spiro atoms. The van der Waals surface area contributed by atoms with Gasteiger partial charge in [-0.05, 0) is 55.7 Å². The van der Waals surface area contributed by atoms with Crippen LogP contribution < -0.4 is 15.4 Å². The highest BCUT2D eigenvalue weighted by Gasteiger charge is 2.19. The first kappa shape index (κ1) is 21.1. The first-order valence-electron chi connectivity index (χ1n) is 9.90. The van der Waals surface area contributed by atoms with Gasteiger partial charge in [-0.3, -0.25) is 9.59 Å². The van der Waals surface area contributed by atoms with Crippen molar-refractivity contribution in [2.24, 2.45) is 0 Å². The van der Waals surface area contributed by atoms with Crippen LogP contribution in [0.25, 0.3) is 0 Å². The van der Waals surface area contributed by atoms with E-state index in [1.807, 2.05) is 62.4 Å². The number of anilines is 1. The molecule has 3 rings (SSSR count). The maximum absolute atomic E-state index is 12.7. The number of aryl methyl sites for hydroxylation is 2. The summed E-state index contributed by atoms with van der Waals surface area (Å²) in [6.45, 7) is 6.01. The highest BCUT2D eigenvalue weighted by molar-refractivity contribution is 6.04. The van der Waals surface area contributed by atoms with E-state index in [0.717, 1.165) is 16.7 Å². The quantitative estimate of drug-likeness (QED) is 0.605. The molecule has 0 fully saturated rings. The summed E-state index contributed by atoms with van der Waals surface area (Å²) in [4.78, 5) is 25.4. The highest BCUT2D eigenvalue weighted by Crippen LogP contribution is 2.21. The Morgan fingerprint density at radius 3 is 2.40 bits per heavy atom. The maximum atomic E-state index is 12.7. The first-order chi connectivity index (χ1) is 14.4. The summed E-state index contributed by atoms with van der Waals surface area (Å²) in [7, 11) is 0. The Morgan fingerprint density at radius 1 is 0.933 bits per heavy atom. The summed E-state index contributed by atoms with van der Waals surface area (Å²) in [5, 5.41) is 5.71. The molecule has 5 nitrogen and oxygen atoms in total. The number of hydrogen-bond donors (Lipinski definition) is 2. The summed E-state index contributed by atoms with van der Waals surface area (Å²) in [5.74, 6) is 0.101. The molecule has 5 heteroatoms. The van der Waals surface area contributed by atoms with Crippen molar-refractivity contribution in [2.45, 2.75) is 33.4 Å². The lowest BCUT2D eigenvalue weighted by molar-refractivity contribution is -0.122. The summed E-state index contributed by atoms with van der Waals surface area (Å²) in [5.41, 5.74) is 3.87. The van der Waals surface area contributed by atoms with Crippen molar-refractivity contribution in [3.8, 4) is 5.75 Å². The molecule has 0 aliphatic rings. The number of amides is 2. The molecule has 0 saturated heterocycles. The van der Waals surface area contributed by atoms with Crippen LogP contribution in [0.5, 0.6) is 5.75 Å². The second kappa shape index (κ2) is 9.74. The van der Waals surface area contributed by atoms with Crippen LogP contribution in [0.3, 0.4) is 0 Å². The molecule has 0 aliphatic carbocycles. The third-order valence-electron chi connectivity index (χ3n) is 4.74. The van der Waals surface area contributed by atoms with Crippen molar-refractivity contribution < 1.29 is 14.3 Å². The van der Waals surface area contributed by atoms with Gasteiger partial charge in [-0.15, -0.1) is 0 Å². The van der Waals surface area contributed by atoms with E-state index in [-0.39, 0.29) is 11.8 Å². The average Bonchev–Trinajstić information content (AvgIpc) is 2.75. The molecule has 0 aliphatic heterocycles. The fourth-order valence-electron chi connectivity index (χ4n) is 2.98. The van der Waals surface area contributed by atoms with Crippen molar-refractivity contribution in [1.82, 2.24) is 5.32 Å². The monoisotopic (exact) mass is 402 g/mol. The summed E-state index contributed by atoms with van der Waals surface area (Å²) in [6.07, 6.45) is -0.717. The van der Waals surface area contributed by atoms with Crippen molar-refractivity contribution in [3.63, 3.8) is 0 Å². The van der Waals surface area contributed by atoms with E-state index in [1.54, 1.807) is 31.2 Å². The fourth-order valence-corrected chi connectivity index (χ4v) is 2.98. The zero-order valence-electron chi connectivity index (χ0n) is 17.4. The van der Waals surface area contributed by atoms with E-state index in [4.69, 9.17) is 4.74 Å². The lowest BCUT2D eigenvalue weighted by Crippen LogP contribution is -2.32. The molecule has 3 aromatic rings. The third-order valence-corrected chi connectivity index (χ3v) is 4.74. The molecule has 2 N–H and O–H groups in total. The Kier molecular flexibility index (Phi) is 6.86. The number of hydrogen-bond acceptors (Lipinski definition) is 3. The van der Waals surface area contributed by atoms with Crippen LogP contribution >= 0.6 is 0 Å². The normalized spacial score (nSPS) is 11.4. The molecule has 0 unspecified atom stereocenters. The standard InChI is InChI=1S/C25H26N2O3/c1-17-13-14-18(2)23(15-17)30-19(3)24(28)27-22-12-8-7-11-21(22)25(29)26-16-20-9-5-4-6-10-20/h4-15,19H,16H2,1-3H3,(H,26,29)(H,27,28)/t19-/m0/s1. The zero-order chi connectivity index (χ0) is 21.5. The summed E-state index contributed by atoms with van der Waals surface area (Å²) < 4.78 is 5.85. The number of rotatable bonds is 7. The van der Waals surface area contributed by atoms with E-state index in [9.17, 15) is 9.59 Å². The maximum Gasteiger partial charge on any atom is 0.265 e. The summed E-state index contributed by atoms with van der Waals surface area (Å²) >= 11 is 0. The Balaban J connectivity index is 1.66. The van der Waals surface area contributed by atoms with Gasteiger partial charge in [0.1, 0.15) is 5.75 Å². The van der Waals surface area contributed by atoms with E-state index in [1.165, 1.54) is 0 Å². The number of benzene rings is 3. The van der Waals surface area contributed by atoms with Gasteiger partial charge in [-0.1, -0.05) is 54.6 Å². The van der Waals surface area contributed by atoms with Gasteiger partial charge in [0.15, 0.2) is 6.10 Å². The molecule has 0 bridgehead atoms. The van der Waals surface area contributed by atoms with Crippen LogP contribution in [0.15, 0.2) is 72.8 Å². The third kappa shape index (κ3) is 5.47. The van der Waals surface area contributed by atoms with Crippen LogP contribution in [0, 0.1) is 13.8 Å². The minimum Gasteiger partial charge on any atom is -0.481 e. The molecule has 3 aromatic carbocycles. The lowest BCUT2D eigenvalue weighted by Gasteiger charge is -2.18. The van der Waals surface area contributed by atoms with E-state index in [0.29, 0.717) is 23.5 Å². The Bertz CT molecular complexity index is 1030. The summed E-state index contributed by atoms with van der Waals surface area (Å²) in [6, 6.07) is 22.5. The molecular formula is C25H26N2O3. The van der Waals surface area contributed by atoms with Gasteiger partial charge in [-0.25, -0.2) is 0 Å². The highest BCUT2D eigenvalue weighted by atomic mass is 16.5. The molecule has 0 radical (unpaired) electrons. The number of nitrogens with one attached hydrogen (secondary N) is 2. The van der Waals surface area contributed by atoms with Gasteiger partial charge in [0.2, 0.25) is 0 Å². The molecule has 154 valence electrons. The predicted molar refractivity (Wildman–Crippen MR) is 119 cm³/mol. The van der Waals surface area contributed by atoms with Crippen LogP contribution in [-0.2, 0) is 11.3 Å². The molecule has 2 amide bonds. The predicted octanol–water partition coefficient (Wildman–Crippen LogP) is 4.64. The van der Waals surface area contributed by atoms with E-state index in [2.05, 4.69) is 10.6 Å². The van der Waals surface area contributed by atoms with Crippen molar-refractivity contribution in [2.75, 3.05) is 5.32 Å². The van der Waals surface area contributed by atoms with Gasteiger partial charge in [0.05, 0.1) is 11.3 Å². The number of para-hydroxylation sites is 1. The van der Waals surface area contributed by atoms with Crippen LogP contribution in [0.4, 0.5) is 5.69 Å². The molecule has 0 saturated carbocycles. The van der Waals surface area contributed by atoms with Crippen LogP contribution in [0.2, 0.25) is 0 Å². The van der Waals surface area contributed by atoms with Crippen LogP contribution in [0.1, 0.15) is 34.0 Å². The smallest absolute Gasteiger partial charge is 0.265 e.